The fraction of sp³-hybridized carbons (Fsp3) is 0.333. The van der Waals surface area contributed by atoms with E-state index in [0.29, 0.717) is 6.04 Å². The van der Waals surface area contributed by atoms with Crippen LogP contribution in [0.1, 0.15) is 30.0 Å². The smallest absolute Gasteiger partial charge is 0.119 e. The van der Waals surface area contributed by atoms with Crippen molar-refractivity contribution in [3.63, 3.8) is 0 Å². The van der Waals surface area contributed by atoms with Crippen molar-refractivity contribution in [2.45, 2.75) is 25.3 Å². The van der Waals surface area contributed by atoms with E-state index < -0.39 is 0 Å². The van der Waals surface area contributed by atoms with E-state index in [1.54, 1.807) is 25.8 Å². The summed E-state index contributed by atoms with van der Waals surface area (Å²) in [6.07, 6.45) is 8.62. The molecule has 1 unspecified atom stereocenters. The molecule has 4 nitrogen and oxygen atoms in total. The molecule has 0 saturated heterocycles. The van der Waals surface area contributed by atoms with Gasteiger partial charge in [0.15, 0.2) is 0 Å². The minimum absolute atomic E-state index is 0.310. The topological polar surface area (TPSA) is 47.0 Å². The van der Waals surface area contributed by atoms with Crippen molar-refractivity contribution in [1.82, 2.24) is 9.97 Å². The summed E-state index contributed by atoms with van der Waals surface area (Å²) in [6, 6.07) is 6.65. The van der Waals surface area contributed by atoms with E-state index in [-0.39, 0.29) is 0 Å². The van der Waals surface area contributed by atoms with Gasteiger partial charge in [-0.2, -0.15) is 0 Å². The van der Waals surface area contributed by atoms with Crippen molar-refractivity contribution in [1.29, 1.82) is 0 Å². The van der Waals surface area contributed by atoms with E-state index >= 15 is 0 Å². The largest absolute Gasteiger partial charge is 0.497 e. The summed E-state index contributed by atoms with van der Waals surface area (Å²) < 4.78 is 5.33. The van der Waals surface area contributed by atoms with Crippen molar-refractivity contribution in [2.24, 2.45) is 0 Å². The number of ether oxygens (including phenoxy) is 1. The average molecular weight is 255 g/mol. The third-order valence-electron chi connectivity index (χ3n) is 3.57. The van der Waals surface area contributed by atoms with Crippen molar-refractivity contribution >= 4 is 5.69 Å². The molecule has 1 aliphatic rings. The molecule has 98 valence electrons. The zero-order valence-electron chi connectivity index (χ0n) is 11.0. The van der Waals surface area contributed by atoms with E-state index in [1.807, 2.05) is 6.07 Å². The summed E-state index contributed by atoms with van der Waals surface area (Å²) in [4.78, 5) is 8.08. The van der Waals surface area contributed by atoms with Crippen molar-refractivity contribution < 1.29 is 4.74 Å². The minimum Gasteiger partial charge on any atom is -0.497 e. The lowest BCUT2D eigenvalue weighted by Gasteiger charge is -2.27. The highest BCUT2D eigenvalue weighted by molar-refractivity contribution is 5.46. The lowest BCUT2D eigenvalue weighted by atomic mass is 9.87. The Kier molecular flexibility index (Phi) is 3.31. The van der Waals surface area contributed by atoms with Gasteiger partial charge < -0.3 is 10.1 Å². The van der Waals surface area contributed by atoms with E-state index in [9.17, 15) is 0 Å². The Morgan fingerprint density at radius 3 is 2.89 bits per heavy atom. The third kappa shape index (κ3) is 2.52. The molecule has 3 rings (SSSR count). The van der Waals surface area contributed by atoms with Crippen LogP contribution in [0.15, 0.2) is 36.9 Å². The standard InChI is InChI=1S/C15H17N3O/c1-19-13-6-5-11-3-2-4-15(14(11)7-13)18-12-8-16-10-17-9-12/h5-10,15,18H,2-4H2,1H3. The molecule has 0 amide bonds. The third-order valence-corrected chi connectivity index (χ3v) is 3.57. The molecule has 0 bridgehead atoms. The first kappa shape index (κ1) is 12.0. The molecule has 0 aliphatic heterocycles. The van der Waals surface area contributed by atoms with Gasteiger partial charge in [0, 0.05) is 0 Å². The number of aromatic nitrogens is 2. The fourth-order valence-electron chi connectivity index (χ4n) is 2.63. The van der Waals surface area contributed by atoms with Gasteiger partial charge in [-0.25, -0.2) is 9.97 Å². The minimum atomic E-state index is 0.310. The molecule has 0 fully saturated rings. The highest BCUT2D eigenvalue weighted by atomic mass is 16.5. The maximum absolute atomic E-state index is 5.33. The van der Waals surface area contributed by atoms with E-state index in [1.165, 1.54) is 17.5 Å². The monoisotopic (exact) mass is 255 g/mol. The Labute approximate surface area is 112 Å². The summed E-state index contributed by atoms with van der Waals surface area (Å²) in [5.74, 6) is 0.914. The number of nitrogens with one attached hydrogen (secondary N) is 1. The maximum Gasteiger partial charge on any atom is 0.119 e. The van der Waals surface area contributed by atoms with E-state index in [0.717, 1.165) is 24.3 Å². The van der Waals surface area contributed by atoms with Crippen LogP contribution in [0, 0.1) is 0 Å². The first-order chi connectivity index (χ1) is 9.36. The first-order valence-electron chi connectivity index (χ1n) is 6.55. The quantitative estimate of drug-likeness (QED) is 0.916. The molecule has 19 heavy (non-hydrogen) atoms. The fourth-order valence-corrected chi connectivity index (χ4v) is 2.63. The highest BCUT2D eigenvalue weighted by Gasteiger charge is 2.20. The SMILES string of the molecule is COc1ccc2c(c1)C(Nc1cncnc1)CCC2. The van der Waals surface area contributed by atoms with Gasteiger partial charge in [-0.1, -0.05) is 6.07 Å². The van der Waals surface area contributed by atoms with Crippen LogP contribution in [0.3, 0.4) is 0 Å². The lowest BCUT2D eigenvalue weighted by Crippen LogP contribution is -2.17. The van der Waals surface area contributed by atoms with Gasteiger partial charge in [-0.05, 0) is 42.5 Å². The van der Waals surface area contributed by atoms with Crippen LogP contribution in [0.4, 0.5) is 5.69 Å². The number of aryl methyl sites for hydroxylation is 1. The van der Waals surface area contributed by atoms with Crippen LogP contribution < -0.4 is 10.1 Å². The number of hydrogen-bond acceptors (Lipinski definition) is 4. The normalized spacial score (nSPS) is 17.6. The number of hydrogen-bond donors (Lipinski definition) is 1. The molecule has 1 heterocycles. The number of nitrogens with zero attached hydrogens (tertiary/aromatic N) is 2. The number of anilines is 1. The maximum atomic E-state index is 5.33. The van der Waals surface area contributed by atoms with Crippen molar-refractivity contribution in [3.05, 3.63) is 48.0 Å². The Morgan fingerprint density at radius 1 is 1.26 bits per heavy atom. The van der Waals surface area contributed by atoms with Gasteiger partial charge in [0.05, 0.1) is 31.2 Å². The molecule has 4 heteroatoms. The van der Waals surface area contributed by atoms with Crippen molar-refractivity contribution in [2.75, 3.05) is 12.4 Å². The summed E-state index contributed by atoms with van der Waals surface area (Å²) >= 11 is 0. The highest BCUT2D eigenvalue weighted by Crippen LogP contribution is 2.34. The van der Waals surface area contributed by atoms with Crippen LogP contribution in [0.2, 0.25) is 0 Å². The first-order valence-corrected chi connectivity index (χ1v) is 6.55. The second-order valence-corrected chi connectivity index (χ2v) is 4.78. The Balaban J connectivity index is 1.89. The molecule has 1 aliphatic carbocycles. The Bertz CT molecular complexity index is 557. The van der Waals surface area contributed by atoms with Gasteiger partial charge in [0.25, 0.3) is 0 Å². The predicted octanol–water partition coefficient (Wildman–Crippen LogP) is 2.97. The van der Waals surface area contributed by atoms with Crippen molar-refractivity contribution in [3.8, 4) is 5.75 Å². The number of methoxy groups -OCH3 is 1. The number of benzene rings is 1. The Morgan fingerprint density at radius 2 is 2.11 bits per heavy atom. The van der Waals surface area contributed by atoms with Gasteiger partial charge >= 0.3 is 0 Å². The molecular weight excluding hydrogens is 238 g/mol. The van der Waals surface area contributed by atoms with Crippen LogP contribution in [-0.4, -0.2) is 17.1 Å². The molecule has 1 N–H and O–H groups in total. The summed E-state index contributed by atoms with van der Waals surface area (Å²) in [6.45, 7) is 0. The van der Waals surface area contributed by atoms with Gasteiger partial charge in [0.1, 0.15) is 12.1 Å². The number of rotatable bonds is 3. The summed E-state index contributed by atoms with van der Waals surface area (Å²) in [7, 11) is 1.71. The molecular formula is C15H17N3O. The molecule has 1 atom stereocenters. The zero-order chi connectivity index (χ0) is 13.1. The van der Waals surface area contributed by atoms with Crippen LogP contribution >= 0.6 is 0 Å². The zero-order valence-corrected chi connectivity index (χ0v) is 11.0. The van der Waals surface area contributed by atoms with Crippen LogP contribution in [-0.2, 0) is 6.42 Å². The molecule has 0 saturated carbocycles. The van der Waals surface area contributed by atoms with Gasteiger partial charge in [0.2, 0.25) is 0 Å². The predicted molar refractivity (Wildman–Crippen MR) is 74.3 cm³/mol. The van der Waals surface area contributed by atoms with E-state index in [2.05, 4.69) is 27.4 Å². The Hall–Kier alpha value is -2.10. The molecule has 1 aromatic heterocycles. The van der Waals surface area contributed by atoms with Gasteiger partial charge in [-0.15, -0.1) is 0 Å². The summed E-state index contributed by atoms with van der Waals surface area (Å²) in [5.41, 5.74) is 3.69. The average Bonchev–Trinajstić information content (AvgIpc) is 2.48. The molecule has 2 aromatic rings. The van der Waals surface area contributed by atoms with E-state index in [4.69, 9.17) is 4.74 Å². The van der Waals surface area contributed by atoms with Crippen LogP contribution in [0.25, 0.3) is 0 Å². The number of fused-ring (bicyclic) bond motifs is 1. The molecule has 1 aromatic carbocycles. The molecule has 0 radical (unpaired) electrons. The lowest BCUT2D eigenvalue weighted by molar-refractivity contribution is 0.413. The summed E-state index contributed by atoms with van der Waals surface area (Å²) in [5, 5.41) is 3.51. The molecule has 0 spiro atoms. The van der Waals surface area contributed by atoms with Gasteiger partial charge in [-0.3, -0.25) is 0 Å². The van der Waals surface area contributed by atoms with Crippen LogP contribution in [0.5, 0.6) is 5.75 Å². The second-order valence-electron chi connectivity index (χ2n) is 4.78. The second kappa shape index (κ2) is 5.26.